The Labute approximate surface area is 42.5 Å². The van der Waals surface area contributed by atoms with Crippen LogP contribution in [0.3, 0.4) is 0 Å². The molecule has 0 spiro atoms. The molecule has 2 nitrogen and oxygen atoms in total. The van der Waals surface area contributed by atoms with E-state index in [0.29, 0.717) is 6.61 Å². The van der Waals surface area contributed by atoms with Crippen molar-refractivity contribution < 1.29 is 4.74 Å². The second-order valence-corrected chi connectivity index (χ2v) is 1.38. The molecule has 0 atom stereocenters. The van der Waals surface area contributed by atoms with Gasteiger partial charge in [0.05, 0.1) is 6.20 Å². The fourth-order valence-corrected chi connectivity index (χ4v) is 0.407. The summed E-state index contributed by atoms with van der Waals surface area (Å²) in [4.78, 5) is 3.85. The van der Waals surface area contributed by atoms with Crippen LogP contribution >= 0.6 is 0 Å². The van der Waals surface area contributed by atoms with Crippen molar-refractivity contribution in [3.63, 3.8) is 0 Å². The van der Waals surface area contributed by atoms with Crippen molar-refractivity contribution in [3.8, 4) is 0 Å². The van der Waals surface area contributed by atoms with Gasteiger partial charge in [-0.1, -0.05) is 0 Å². The molecule has 0 saturated carbocycles. The van der Waals surface area contributed by atoms with Crippen molar-refractivity contribution in [2.45, 2.75) is 6.92 Å². The van der Waals surface area contributed by atoms with Gasteiger partial charge < -0.3 is 4.74 Å². The molecule has 0 unspecified atom stereocenters. The molecule has 38 valence electrons. The average molecular weight is 97.1 g/mol. The molecule has 1 aliphatic heterocycles. The number of nitrogens with zero attached hydrogens (tertiary/aromatic N) is 1. The summed E-state index contributed by atoms with van der Waals surface area (Å²) >= 11 is 0. The van der Waals surface area contributed by atoms with E-state index in [0.717, 1.165) is 5.76 Å². The summed E-state index contributed by atoms with van der Waals surface area (Å²) in [5.41, 5.74) is 0. The fraction of sp³-hybridized carbons (Fsp3) is 0.400. The summed E-state index contributed by atoms with van der Waals surface area (Å²) in [6, 6.07) is 0. The maximum Gasteiger partial charge on any atom is 0.123 e. The van der Waals surface area contributed by atoms with E-state index in [1.165, 1.54) is 0 Å². The highest BCUT2D eigenvalue weighted by molar-refractivity contribution is 5.60. The molecule has 2 heteroatoms. The van der Waals surface area contributed by atoms with Gasteiger partial charge in [-0.2, -0.15) is 0 Å². The smallest absolute Gasteiger partial charge is 0.123 e. The number of allylic oxidation sites excluding steroid dienone is 1. The molecule has 0 fully saturated rings. The van der Waals surface area contributed by atoms with E-state index in [2.05, 4.69) is 4.99 Å². The quantitative estimate of drug-likeness (QED) is 0.441. The second-order valence-electron chi connectivity index (χ2n) is 1.38. The maximum absolute atomic E-state index is 4.99. The molecule has 0 aromatic rings. The van der Waals surface area contributed by atoms with E-state index < -0.39 is 0 Å². The van der Waals surface area contributed by atoms with Gasteiger partial charge in [-0.25, -0.2) is 0 Å². The van der Waals surface area contributed by atoms with Gasteiger partial charge in [0, 0.05) is 6.21 Å². The van der Waals surface area contributed by atoms with Crippen LogP contribution < -0.4 is 0 Å². The lowest BCUT2D eigenvalue weighted by Crippen LogP contribution is -1.96. The summed E-state index contributed by atoms with van der Waals surface area (Å²) in [7, 11) is 0. The van der Waals surface area contributed by atoms with E-state index in [1.807, 2.05) is 6.92 Å². The predicted octanol–water partition coefficient (Wildman–Crippen LogP) is 0.949. The highest BCUT2D eigenvalue weighted by Crippen LogP contribution is 1.97. The highest BCUT2D eigenvalue weighted by atomic mass is 16.5. The lowest BCUT2D eigenvalue weighted by molar-refractivity contribution is 0.259. The van der Waals surface area contributed by atoms with Gasteiger partial charge in [-0.3, -0.25) is 4.99 Å². The Morgan fingerprint density at radius 3 is 3.00 bits per heavy atom. The molecule has 1 heterocycles. The normalized spacial score (nSPS) is 18.1. The number of ether oxygens (including phenoxy) is 1. The van der Waals surface area contributed by atoms with Gasteiger partial charge in [0.25, 0.3) is 0 Å². The molecule has 0 amide bonds. The third-order valence-corrected chi connectivity index (χ3v) is 0.747. The number of rotatable bonds is 0. The van der Waals surface area contributed by atoms with Crippen LogP contribution in [0.2, 0.25) is 0 Å². The van der Waals surface area contributed by atoms with Crippen molar-refractivity contribution in [3.05, 3.63) is 12.0 Å². The SMILES string of the molecule is CC1=CN=CCO1. The minimum absolute atomic E-state index is 0.627. The van der Waals surface area contributed by atoms with Crippen molar-refractivity contribution in [1.29, 1.82) is 0 Å². The summed E-state index contributed by atoms with van der Waals surface area (Å²) in [6.07, 6.45) is 3.43. The number of hydrogen-bond donors (Lipinski definition) is 0. The van der Waals surface area contributed by atoms with Gasteiger partial charge in [0.1, 0.15) is 12.4 Å². The first-order valence-electron chi connectivity index (χ1n) is 2.21. The molecule has 0 saturated heterocycles. The molecule has 0 bridgehead atoms. The lowest BCUT2D eigenvalue weighted by atomic mass is 10.5. The van der Waals surface area contributed by atoms with Crippen LogP contribution in [0, 0.1) is 0 Å². The standard InChI is InChI=1S/C5H7NO/c1-5-4-6-2-3-7-5/h2,4H,3H2,1H3. The van der Waals surface area contributed by atoms with Crippen LogP contribution in [-0.4, -0.2) is 12.8 Å². The van der Waals surface area contributed by atoms with E-state index >= 15 is 0 Å². The molecule has 1 rings (SSSR count). The number of hydrogen-bond acceptors (Lipinski definition) is 2. The van der Waals surface area contributed by atoms with Crippen LogP contribution in [0.5, 0.6) is 0 Å². The second kappa shape index (κ2) is 1.78. The minimum atomic E-state index is 0.627. The van der Waals surface area contributed by atoms with E-state index in [4.69, 9.17) is 4.74 Å². The molecule has 7 heavy (non-hydrogen) atoms. The molecule has 1 aliphatic rings. The molecule has 0 N–H and O–H groups in total. The zero-order valence-electron chi connectivity index (χ0n) is 4.22. The summed E-state index contributed by atoms with van der Waals surface area (Å²) in [5.74, 6) is 0.891. The van der Waals surface area contributed by atoms with Crippen LogP contribution in [0.15, 0.2) is 17.0 Å². The van der Waals surface area contributed by atoms with Gasteiger partial charge >= 0.3 is 0 Å². The van der Waals surface area contributed by atoms with E-state index in [-0.39, 0.29) is 0 Å². The molecular formula is C5H7NO. The third-order valence-electron chi connectivity index (χ3n) is 0.747. The number of aliphatic imine (C=N–C) groups is 1. The van der Waals surface area contributed by atoms with E-state index in [1.54, 1.807) is 12.4 Å². The van der Waals surface area contributed by atoms with Crippen LogP contribution in [-0.2, 0) is 4.74 Å². The summed E-state index contributed by atoms with van der Waals surface area (Å²) in [5, 5.41) is 0. The Balaban J connectivity index is 2.57. The van der Waals surface area contributed by atoms with Crippen molar-refractivity contribution >= 4 is 6.21 Å². The van der Waals surface area contributed by atoms with E-state index in [9.17, 15) is 0 Å². The first-order valence-corrected chi connectivity index (χ1v) is 2.21. The monoisotopic (exact) mass is 97.1 g/mol. The molecule has 0 aromatic carbocycles. The Morgan fingerprint density at radius 1 is 1.86 bits per heavy atom. The van der Waals surface area contributed by atoms with Gasteiger partial charge in [0.2, 0.25) is 0 Å². The Bertz CT molecular complexity index is 115. The highest BCUT2D eigenvalue weighted by Gasteiger charge is 1.88. The minimum Gasteiger partial charge on any atom is -0.491 e. The van der Waals surface area contributed by atoms with Crippen molar-refractivity contribution in [2.75, 3.05) is 6.61 Å². The maximum atomic E-state index is 4.99. The lowest BCUT2D eigenvalue weighted by Gasteiger charge is -2.03. The van der Waals surface area contributed by atoms with Gasteiger partial charge in [0.15, 0.2) is 0 Å². The topological polar surface area (TPSA) is 21.6 Å². The Hall–Kier alpha value is -0.790. The Kier molecular flexibility index (Phi) is 1.11. The predicted molar refractivity (Wildman–Crippen MR) is 28.2 cm³/mol. The molecule has 0 aliphatic carbocycles. The van der Waals surface area contributed by atoms with Gasteiger partial charge in [-0.05, 0) is 6.92 Å². The zero-order chi connectivity index (χ0) is 5.11. The van der Waals surface area contributed by atoms with Crippen LogP contribution in [0.25, 0.3) is 0 Å². The molecule has 0 radical (unpaired) electrons. The van der Waals surface area contributed by atoms with Crippen molar-refractivity contribution in [2.24, 2.45) is 4.99 Å². The summed E-state index contributed by atoms with van der Waals surface area (Å²) in [6.45, 7) is 2.51. The first kappa shape index (κ1) is 4.37. The Morgan fingerprint density at radius 2 is 2.71 bits per heavy atom. The van der Waals surface area contributed by atoms with Gasteiger partial charge in [-0.15, -0.1) is 0 Å². The zero-order valence-corrected chi connectivity index (χ0v) is 4.22. The molecule has 0 aromatic heterocycles. The largest absolute Gasteiger partial charge is 0.491 e. The molecular weight excluding hydrogens is 90.1 g/mol. The van der Waals surface area contributed by atoms with Crippen LogP contribution in [0.4, 0.5) is 0 Å². The van der Waals surface area contributed by atoms with Crippen molar-refractivity contribution in [1.82, 2.24) is 0 Å². The summed E-state index contributed by atoms with van der Waals surface area (Å²) < 4.78 is 4.99. The van der Waals surface area contributed by atoms with Crippen LogP contribution in [0.1, 0.15) is 6.92 Å². The first-order chi connectivity index (χ1) is 3.39. The fourth-order valence-electron chi connectivity index (χ4n) is 0.407. The third kappa shape index (κ3) is 1.03. The average Bonchev–Trinajstić information content (AvgIpc) is 1.69.